The highest BCUT2D eigenvalue weighted by molar-refractivity contribution is 7.94. The van der Waals surface area contributed by atoms with Crippen molar-refractivity contribution in [1.82, 2.24) is 9.62 Å². The molecule has 10 heteroatoms. The molecule has 28 heavy (non-hydrogen) atoms. The van der Waals surface area contributed by atoms with Crippen LogP contribution < -0.4 is 9.03 Å². The molecule has 1 aliphatic heterocycles. The van der Waals surface area contributed by atoms with Crippen LogP contribution in [0.4, 0.5) is 5.69 Å². The first kappa shape index (κ1) is 22.8. The van der Waals surface area contributed by atoms with Crippen molar-refractivity contribution in [2.75, 3.05) is 29.7 Å². The smallest absolute Gasteiger partial charge is 0.247 e. The van der Waals surface area contributed by atoms with Gasteiger partial charge in [0.2, 0.25) is 26.0 Å². The van der Waals surface area contributed by atoms with Crippen LogP contribution in [-0.2, 0) is 24.8 Å². The molecular weight excluding hydrogens is 402 g/mol. The summed E-state index contributed by atoms with van der Waals surface area (Å²) in [5.74, 6) is -0.793. The van der Waals surface area contributed by atoms with Gasteiger partial charge in [0, 0.05) is 12.6 Å². The molecule has 2 rings (SSSR count). The van der Waals surface area contributed by atoms with Crippen LogP contribution in [0.3, 0.4) is 0 Å². The molecule has 0 radical (unpaired) electrons. The number of benzene rings is 1. The van der Waals surface area contributed by atoms with Gasteiger partial charge in [0.05, 0.1) is 21.8 Å². The lowest BCUT2D eigenvalue weighted by molar-refractivity contribution is -0.123. The van der Waals surface area contributed by atoms with Gasteiger partial charge in [-0.3, -0.25) is 9.69 Å². The number of amides is 1. The lowest BCUT2D eigenvalue weighted by atomic mass is 9.95. The molecule has 1 aromatic rings. The van der Waals surface area contributed by atoms with E-state index >= 15 is 0 Å². The van der Waals surface area contributed by atoms with Gasteiger partial charge in [0.25, 0.3) is 0 Å². The third-order valence-electron chi connectivity index (χ3n) is 4.97. The van der Waals surface area contributed by atoms with Gasteiger partial charge < -0.3 is 0 Å². The summed E-state index contributed by atoms with van der Waals surface area (Å²) in [6, 6.07) is 5.36. The number of nitrogens with one attached hydrogen (secondary N) is 1. The summed E-state index contributed by atoms with van der Waals surface area (Å²) >= 11 is 0. The van der Waals surface area contributed by atoms with E-state index in [-0.39, 0.29) is 28.9 Å². The molecule has 0 unspecified atom stereocenters. The van der Waals surface area contributed by atoms with Crippen LogP contribution in [0.5, 0.6) is 0 Å². The fraction of sp³-hybridized carbons (Fsp3) is 0.611. The van der Waals surface area contributed by atoms with E-state index < -0.39 is 31.4 Å². The Hall–Kier alpha value is -1.49. The molecular formula is C18H29N3O5S2. The predicted molar refractivity (Wildman–Crippen MR) is 109 cm³/mol. The number of carbonyl (C=O) groups is 1. The lowest BCUT2D eigenvalue weighted by Gasteiger charge is -2.26. The molecule has 0 aliphatic carbocycles. The number of carbonyl (C=O) groups excluding carboxylic acids is 1. The lowest BCUT2D eigenvalue weighted by Crippen LogP contribution is -2.41. The van der Waals surface area contributed by atoms with Gasteiger partial charge in [-0.2, -0.15) is 0 Å². The number of rotatable bonds is 8. The maximum Gasteiger partial charge on any atom is 0.247 e. The zero-order valence-electron chi connectivity index (χ0n) is 17.0. The summed E-state index contributed by atoms with van der Waals surface area (Å²) in [7, 11) is -7.51. The number of hydrogen-bond donors (Lipinski definition) is 1. The Morgan fingerprint density at radius 2 is 1.71 bits per heavy atom. The van der Waals surface area contributed by atoms with Gasteiger partial charge in [-0.25, -0.2) is 25.9 Å². The SMILES string of the molecule is CCN(CC)[C@@H](C)CNS(=O)(=O)c1ccc(N2C(=O)C(C)(C)CS2(=O)=O)cc1. The topological polar surface area (TPSA) is 104 Å². The molecule has 8 nitrogen and oxygen atoms in total. The maximum absolute atomic E-state index is 12.5. The van der Waals surface area contributed by atoms with Crippen LogP contribution in [0.15, 0.2) is 29.2 Å². The van der Waals surface area contributed by atoms with Crippen molar-refractivity contribution in [3.63, 3.8) is 0 Å². The number of nitrogens with zero attached hydrogens (tertiary/aromatic N) is 2. The third kappa shape index (κ3) is 4.56. The average molecular weight is 432 g/mol. The summed E-state index contributed by atoms with van der Waals surface area (Å²) in [5, 5.41) is 0. The first-order chi connectivity index (χ1) is 12.9. The maximum atomic E-state index is 12.5. The highest BCUT2D eigenvalue weighted by Crippen LogP contribution is 2.35. The summed E-state index contributed by atoms with van der Waals surface area (Å²) in [6.45, 7) is 11.0. The zero-order valence-corrected chi connectivity index (χ0v) is 18.6. The van der Waals surface area contributed by atoms with E-state index in [4.69, 9.17) is 0 Å². The fourth-order valence-electron chi connectivity index (χ4n) is 3.31. The molecule has 0 spiro atoms. The fourth-order valence-corrected chi connectivity index (χ4v) is 6.54. The highest BCUT2D eigenvalue weighted by Gasteiger charge is 2.49. The van der Waals surface area contributed by atoms with Gasteiger partial charge in [0.15, 0.2) is 0 Å². The van der Waals surface area contributed by atoms with E-state index in [0.29, 0.717) is 0 Å². The summed E-state index contributed by atoms with van der Waals surface area (Å²) in [5.41, 5.74) is -0.864. The molecule has 0 saturated carbocycles. The standard InChI is InChI=1S/C18H29N3O5S2/c1-6-20(7-2)14(3)12-19-28(25,26)16-10-8-15(9-11-16)21-17(22)18(4,5)13-27(21,23)24/h8-11,14,19H,6-7,12-13H2,1-5H3/t14-/m0/s1. The molecule has 0 aromatic heterocycles. The Balaban J connectivity index is 2.19. The van der Waals surface area contributed by atoms with Crippen molar-refractivity contribution in [3.8, 4) is 0 Å². The molecule has 1 amide bonds. The second kappa shape index (κ2) is 8.10. The van der Waals surface area contributed by atoms with Gasteiger partial charge in [-0.15, -0.1) is 0 Å². The average Bonchev–Trinajstić information content (AvgIpc) is 2.77. The summed E-state index contributed by atoms with van der Waals surface area (Å²) in [6.07, 6.45) is 0. The molecule has 1 aliphatic rings. The molecule has 0 bridgehead atoms. The molecule has 1 fully saturated rings. The number of sulfonamides is 2. The Labute approximate surface area is 168 Å². The van der Waals surface area contributed by atoms with Crippen molar-refractivity contribution in [2.24, 2.45) is 5.41 Å². The molecule has 1 N–H and O–H groups in total. The van der Waals surface area contributed by atoms with Crippen LogP contribution >= 0.6 is 0 Å². The van der Waals surface area contributed by atoms with E-state index in [2.05, 4.69) is 9.62 Å². The second-order valence-corrected chi connectivity index (χ2v) is 11.2. The van der Waals surface area contributed by atoms with Gasteiger partial charge in [-0.1, -0.05) is 13.8 Å². The third-order valence-corrected chi connectivity index (χ3v) is 8.43. The Morgan fingerprint density at radius 3 is 2.14 bits per heavy atom. The Kier molecular flexibility index (Phi) is 6.59. The molecule has 1 heterocycles. The van der Waals surface area contributed by atoms with Crippen molar-refractivity contribution in [3.05, 3.63) is 24.3 Å². The first-order valence-corrected chi connectivity index (χ1v) is 12.4. The van der Waals surface area contributed by atoms with Crippen molar-refractivity contribution in [2.45, 2.75) is 45.6 Å². The molecule has 1 atom stereocenters. The van der Waals surface area contributed by atoms with E-state index in [1.807, 2.05) is 20.8 Å². The monoisotopic (exact) mass is 431 g/mol. The minimum atomic E-state index is -3.77. The normalized spacial score (nSPS) is 19.9. The molecule has 1 saturated heterocycles. The van der Waals surface area contributed by atoms with Crippen LogP contribution in [-0.4, -0.2) is 59.1 Å². The van der Waals surface area contributed by atoms with Crippen LogP contribution in [0, 0.1) is 5.41 Å². The van der Waals surface area contributed by atoms with E-state index in [0.717, 1.165) is 17.4 Å². The van der Waals surface area contributed by atoms with E-state index in [9.17, 15) is 21.6 Å². The van der Waals surface area contributed by atoms with E-state index in [1.165, 1.54) is 24.3 Å². The minimum absolute atomic E-state index is 0.0197. The first-order valence-electron chi connectivity index (χ1n) is 9.27. The predicted octanol–water partition coefficient (Wildman–Crippen LogP) is 1.40. The van der Waals surface area contributed by atoms with Crippen LogP contribution in [0.2, 0.25) is 0 Å². The van der Waals surface area contributed by atoms with E-state index in [1.54, 1.807) is 13.8 Å². The van der Waals surface area contributed by atoms with Gasteiger partial charge in [0.1, 0.15) is 0 Å². The largest absolute Gasteiger partial charge is 0.300 e. The quantitative estimate of drug-likeness (QED) is 0.667. The van der Waals surface area contributed by atoms with Crippen molar-refractivity contribution < 1.29 is 21.6 Å². The van der Waals surface area contributed by atoms with Crippen molar-refractivity contribution >= 4 is 31.6 Å². The minimum Gasteiger partial charge on any atom is -0.300 e. The van der Waals surface area contributed by atoms with Gasteiger partial charge in [-0.05, 0) is 58.1 Å². The summed E-state index contributed by atoms with van der Waals surface area (Å²) in [4.78, 5) is 14.6. The second-order valence-electron chi connectivity index (χ2n) is 7.63. The number of likely N-dealkylation sites (N-methyl/N-ethyl adjacent to an activating group) is 1. The Morgan fingerprint density at radius 1 is 1.18 bits per heavy atom. The number of anilines is 1. The van der Waals surface area contributed by atoms with Gasteiger partial charge >= 0.3 is 0 Å². The zero-order chi connectivity index (χ0) is 21.3. The molecule has 1 aromatic carbocycles. The molecule has 158 valence electrons. The summed E-state index contributed by atoms with van der Waals surface area (Å²) < 4.78 is 53.1. The van der Waals surface area contributed by atoms with Crippen molar-refractivity contribution in [1.29, 1.82) is 0 Å². The highest BCUT2D eigenvalue weighted by atomic mass is 32.2. The van der Waals surface area contributed by atoms with Crippen LogP contribution in [0.1, 0.15) is 34.6 Å². The Bertz CT molecular complexity index is 920. The van der Waals surface area contributed by atoms with Crippen LogP contribution in [0.25, 0.3) is 0 Å². The number of hydrogen-bond acceptors (Lipinski definition) is 6.